The van der Waals surface area contributed by atoms with E-state index in [1.54, 1.807) is 0 Å². The summed E-state index contributed by atoms with van der Waals surface area (Å²) in [6.07, 6.45) is 7.41. The fourth-order valence-electron chi connectivity index (χ4n) is 2.93. The largest absolute Gasteiger partial charge is 0.347 e. The molecule has 22 heavy (non-hydrogen) atoms. The highest BCUT2D eigenvalue weighted by Crippen LogP contribution is 2.33. The summed E-state index contributed by atoms with van der Waals surface area (Å²) in [5.74, 6) is 0.852. The number of aromatic nitrogens is 2. The zero-order valence-electron chi connectivity index (χ0n) is 12.1. The van der Waals surface area contributed by atoms with Crippen molar-refractivity contribution in [2.45, 2.75) is 25.8 Å². The monoisotopic (exact) mass is 330 g/mol. The van der Waals surface area contributed by atoms with Crippen LogP contribution in [0.2, 0.25) is 10.0 Å². The molecule has 4 rings (SSSR count). The number of nitrogens with zero attached hydrogens (tertiary/aromatic N) is 2. The minimum absolute atomic E-state index is 0.656. The van der Waals surface area contributed by atoms with Crippen LogP contribution in [0.25, 0.3) is 10.9 Å². The van der Waals surface area contributed by atoms with Crippen LogP contribution in [0.15, 0.2) is 42.7 Å². The molecule has 112 valence electrons. The van der Waals surface area contributed by atoms with Crippen molar-refractivity contribution in [3.63, 3.8) is 0 Å². The number of hydrogen-bond donors (Lipinski definition) is 0. The Balaban J connectivity index is 1.74. The molecule has 0 saturated heterocycles. The lowest BCUT2D eigenvalue weighted by atomic mass is 10.1. The molecule has 0 spiro atoms. The van der Waals surface area contributed by atoms with E-state index in [0.717, 1.165) is 23.7 Å². The zero-order valence-corrected chi connectivity index (χ0v) is 13.6. The van der Waals surface area contributed by atoms with Crippen molar-refractivity contribution in [1.29, 1.82) is 0 Å². The van der Waals surface area contributed by atoms with Crippen LogP contribution in [0, 0.1) is 5.92 Å². The number of rotatable bonds is 4. The van der Waals surface area contributed by atoms with Crippen LogP contribution in [0.1, 0.15) is 24.1 Å². The maximum Gasteiger partial charge on any atom is 0.0542 e. The van der Waals surface area contributed by atoms with E-state index in [0.29, 0.717) is 16.5 Å². The molecule has 0 bridgehead atoms. The van der Waals surface area contributed by atoms with E-state index in [1.165, 1.54) is 23.7 Å². The maximum atomic E-state index is 6.30. The van der Waals surface area contributed by atoms with Crippen LogP contribution in [0.5, 0.6) is 0 Å². The molecule has 2 heterocycles. The molecule has 2 nitrogen and oxygen atoms in total. The van der Waals surface area contributed by atoms with Gasteiger partial charge in [-0.05, 0) is 48.6 Å². The first kappa shape index (κ1) is 14.1. The van der Waals surface area contributed by atoms with Gasteiger partial charge in [0.1, 0.15) is 0 Å². The molecule has 1 saturated carbocycles. The summed E-state index contributed by atoms with van der Waals surface area (Å²) in [5.41, 5.74) is 3.22. The van der Waals surface area contributed by atoms with Gasteiger partial charge in [0, 0.05) is 40.8 Å². The second-order valence-corrected chi connectivity index (χ2v) is 6.79. The van der Waals surface area contributed by atoms with E-state index < -0.39 is 0 Å². The fourth-order valence-corrected chi connectivity index (χ4v) is 3.46. The van der Waals surface area contributed by atoms with Gasteiger partial charge in [0.2, 0.25) is 0 Å². The van der Waals surface area contributed by atoms with Crippen molar-refractivity contribution in [2.24, 2.45) is 5.92 Å². The average molecular weight is 331 g/mol. The third kappa shape index (κ3) is 2.62. The predicted octanol–water partition coefficient (Wildman–Crippen LogP) is 5.34. The van der Waals surface area contributed by atoms with E-state index in [9.17, 15) is 0 Å². The lowest BCUT2D eigenvalue weighted by Crippen LogP contribution is -1.99. The summed E-state index contributed by atoms with van der Waals surface area (Å²) in [4.78, 5) is 4.56. The van der Waals surface area contributed by atoms with E-state index >= 15 is 0 Å². The Morgan fingerprint density at radius 1 is 1.09 bits per heavy atom. The Kier molecular flexibility index (Phi) is 3.59. The molecular formula is C18H16Cl2N2. The summed E-state index contributed by atoms with van der Waals surface area (Å²) in [7, 11) is 0. The summed E-state index contributed by atoms with van der Waals surface area (Å²) < 4.78 is 2.34. The van der Waals surface area contributed by atoms with Crippen molar-refractivity contribution in [3.05, 3.63) is 64.0 Å². The van der Waals surface area contributed by atoms with Crippen molar-refractivity contribution in [3.8, 4) is 0 Å². The summed E-state index contributed by atoms with van der Waals surface area (Å²) in [6, 6.07) is 9.87. The lowest BCUT2D eigenvalue weighted by molar-refractivity contribution is 0.647. The Hall–Kier alpha value is -1.51. The van der Waals surface area contributed by atoms with Crippen molar-refractivity contribution in [2.75, 3.05) is 0 Å². The average Bonchev–Trinajstić information content (AvgIpc) is 3.23. The predicted molar refractivity (Wildman–Crippen MR) is 91.7 cm³/mol. The minimum Gasteiger partial charge on any atom is -0.347 e. The molecule has 1 aromatic carbocycles. The van der Waals surface area contributed by atoms with Gasteiger partial charge < -0.3 is 4.57 Å². The van der Waals surface area contributed by atoms with Gasteiger partial charge in [-0.1, -0.05) is 29.3 Å². The SMILES string of the molecule is Clc1cccc(Cl)c1Cc1nccc2c1ccn2CC1CC1. The van der Waals surface area contributed by atoms with E-state index in [2.05, 4.69) is 27.9 Å². The van der Waals surface area contributed by atoms with Crippen LogP contribution in [-0.4, -0.2) is 9.55 Å². The van der Waals surface area contributed by atoms with Crippen LogP contribution < -0.4 is 0 Å². The van der Waals surface area contributed by atoms with Crippen LogP contribution in [0.3, 0.4) is 0 Å². The number of benzene rings is 1. The first-order valence-corrected chi connectivity index (χ1v) is 8.33. The van der Waals surface area contributed by atoms with Gasteiger partial charge >= 0.3 is 0 Å². The standard InChI is InChI=1S/C18H16Cl2N2/c19-15-2-1-3-16(20)14(15)10-17-13-7-9-22(11-12-4-5-12)18(13)6-8-21-17/h1-3,6-9,12H,4-5,10-11H2. The first-order chi connectivity index (χ1) is 10.7. The second-order valence-electron chi connectivity index (χ2n) is 5.98. The Bertz CT molecular complexity index is 814. The van der Waals surface area contributed by atoms with Gasteiger partial charge in [0.05, 0.1) is 11.2 Å². The normalized spacial score (nSPS) is 14.6. The van der Waals surface area contributed by atoms with Crippen molar-refractivity contribution in [1.82, 2.24) is 9.55 Å². The lowest BCUT2D eigenvalue weighted by Gasteiger charge is -2.09. The molecule has 1 aliphatic rings. The van der Waals surface area contributed by atoms with Crippen molar-refractivity contribution >= 4 is 34.1 Å². The molecule has 1 fully saturated rings. The van der Waals surface area contributed by atoms with Gasteiger partial charge in [-0.3, -0.25) is 4.98 Å². The highest BCUT2D eigenvalue weighted by Gasteiger charge is 2.22. The summed E-state index contributed by atoms with van der Waals surface area (Å²) in [6.45, 7) is 1.11. The third-order valence-corrected chi connectivity index (χ3v) is 5.05. The molecule has 2 aromatic heterocycles. The fraction of sp³-hybridized carbons (Fsp3) is 0.278. The zero-order chi connectivity index (χ0) is 15.1. The number of pyridine rings is 1. The van der Waals surface area contributed by atoms with Crippen LogP contribution in [0.4, 0.5) is 0 Å². The topological polar surface area (TPSA) is 17.8 Å². The minimum atomic E-state index is 0.656. The highest BCUT2D eigenvalue weighted by atomic mass is 35.5. The van der Waals surface area contributed by atoms with Gasteiger partial charge in [0.15, 0.2) is 0 Å². The molecule has 3 aromatic rings. The summed E-state index contributed by atoms with van der Waals surface area (Å²) >= 11 is 12.6. The molecular weight excluding hydrogens is 315 g/mol. The highest BCUT2D eigenvalue weighted by molar-refractivity contribution is 6.36. The van der Waals surface area contributed by atoms with Gasteiger partial charge in [-0.15, -0.1) is 0 Å². The third-order valence-electron chi connectivity index (χ3n) is 4.34. The molecule has 0 aliphatic heterocycles. The Morgan fingerprint density at radius 3 is 2.59 bits per heavy atom. The van der Waals surface area contributed by atoms with Crippen LogP contribution in [-0.2, 0) is 13.0 Å². The van der Waals surface area contributed by atoms with Gasteiger partial charge in [-0.2, -0.15) is 0 Å². The number of hydrogen-bond acceptors (Lipinski definition) is 1. The first-order valence-electron chi connectivity index (χ1n) is 7.58. The quantitative estimate of drug-likeness (QED) is 0.631. The number of halogens is 2. The molecule has 0 atom stereocenters. The Morgan fingerprint density at radius 2 is 1.86 bits per heavy atom. The molecule has 0 radical (unpaired) electrons. The van der Waals surface area contributed by atoms with Gasteiger partial charge in [-0.25, -0.2) is 0 Å². The van der Waals surface area contributed by atoms with E-state index in [4.69, 9.17) is 23.2 Å². The van der Waals surface area contributed by atoms with Crippen LogP contribution >= 0.6 is 23.2 Å². The number of fused-ring (bicyclic) bond motifs is 1. The molecule has 0 N–H and O–H groups in total. The van der Waals surface area contributed by atoms with E-state index in [-0.39, 0.29) is 0 Å². The molecule has 4 heteroatoms. The Labute approximate surface area is 139 Å². The molecule has 1 aliphatic carbocycles. The van der Waals surface area contributed by atoms with Gasteiger partial charge in [0.25, 0.3) is 0 Å². The summed E-state index contributed by atoms with van der Waals surface area (Å²) in [5, 5.41) is 2.59. The maximum absolute atomic E-state index is 6.30. The second kappa shape index (κ2) is 5.60. The molecule has 0 amide bonds. The van der Waals surface area contributed by atoms with E-state index in [1.807, 2.05) is 24.4 Å². The smallest absolute Gasteiger partial charge is 0.0542 e. The molecule has 0 unspecified atom stereocenters. The van der Waals surface area contributed by atoms with Crippen molar-refractivity contribution < 1.29 is 0 Å².